The summed E-state index contributed by atoms with van der Waals surface area (Å²) < 4.78 is 13.8. The van der Waals surface area contributed by atoms with Gasteiger partial charge in [-0.2, -0.15) is 0 Å². The molecular weight excluding hydrogens is 307 g/mol. The van der Waals surface area contributed by atoms with Crippen LogP contribution in [0.5, 0.6) is 0 Å². The molecule has 2 nitrogen and oxygen atoms in total. The third-order valence-corrected chi connectivity index (χ3v) is 3.30. The van der Waals surface area contributed by atoms with Crippen LogP contribution in [0.15, 0.2) is 47.2 Å². The highest BCUT2D eigenvalue weighted by atomic mass is 79.9. The molecule has 19 heavy (non-hydrogen) atoms. The Morgan fingerprint density at radius 3 is 2.63 bits per heavy atom. The smallest absolute Gasteiger partial charge is 0.123 e. The van der Waals surface area contributed by atoms with E-state index in [9.17, 15) is 4.39 Å². The average Bonchev–Trinajstić information content (AvgIpc) is 2.39. The van der Waals surface area contributed by atoms with E-state index >= 15 is 0 Å². The molecule has 0 bridgehead atoms. The van der Waals surface area contributed by atoms with Crippen LogP contribution in [0.25, 0.3) is 0 Å². The lowest BCUT2D eigenvalue weighted by Gasteiger charge is -2.14. The Hall–Kier alpha value is -1.26. The summed E-state index contributed by atoms with van der Waals surface area (Å²) in [5.41, 5.74) is 2.27. The van der Waals surface area contributed by atoms with Crippen LogP contribution >= 0.6 is 15.9 Å². The highest BCUT2D eigenvalue weighted by molar-refractivity contribution is 9.10. The second-order valence-corrected chi connectivity index (χ2v) is 5.54. The maximum atomic E-state index is 12.8. The number of nitrogens with zero attached hydrogens (tertiary/aromatic N) is 1. The molecule has 1 aromatic carbocycles. The molecule has 1 aromatic heterocycles. The van der Waals surface area contributed by atoms with Gasteiger partial charge in [0.2, 0.25) is 0 Å². The monoisotopic (exact) mass is 322 g/mol. The largest absolute Gasteiger partial charge is 0.310 e. The second-order valence-electron chi connectivity index (χ2n) is 4.62. The lowest BCUT2D eigenvalue weighted by atomic mass is 10.1. The molecule has 0 saturated heterocycles. The fourth-order valence-corrected chi connectivity index (χ4v) is 2.30. The molecule has 0 saturated carbocycles. The number of aromatic nitrogens is 1. The van der Waals surface area contributed by atoms with Crippen LogP contribution in [-0.2, 0) is 13.0 Å². The zero-order valence-electron chi connectivity index (χ0n) is 10.7. The van der Waals surface area contributed by atoms with Crippen molar-refractivity contribution in [2.45, 2.75) is 25.9 Å². The molecule has 0 amide bonds. The third kappa shape index (κ3) is 4.73. The molecule has 0 spiro atoms. The summed E-state index contributed by atoms with van der Waals surface area (Å²) >= 11 is 3.40. The highest BCUT2D eigenvalue weighted by Gasteiger charge is 2.04. The number of halogens is 2. The van der Waals surface area contributed by atoms with Crippen LogP contribution < -0.4 is 5.32 Å². The van der Waals surface area contributed by atoms with E-state index in [-0.39, 0.29) is 5.82 Å². The van der Waals surface area contributed by atoms with Crippen LogP contribution in [0.1, 0.15) is 18.1 Å². The van der Waals surface area contributed by atoms with Gasteiger partial charge in [0.05, 0.1) is 0 Å². The van der Waals surface area contributed by atoms with Gasteiger partial charge in [0.15, 0.2) is 0 Å². The van der Waals surface area contributed by atoms with Crippen LogP contribution in [0.4, 0.5) is 4.39 Å². The first-order valence-corrected chi connectivity index (χ1v) is 7.00. The van der Waals surface area contributed by atoms with Gasteiger partial charge >= 0.3 is 0 Å². The topological polar surface area (TPSA) is 24.9 Å². The third-order valence-electron chi connectivity index (χ3n) is 2.87. The van der Waals surface area contributed by atoms with Crippen molar-refractivity contribution in [2.75, 3.05) is 0 Å². The van der Waals surface area contributed by atoms with Crippen LogP contribution in [0, 0.1) is 5.82 Å². The first-order valence-electron chi connectivity index (χ1n) is 6.21. The standard InChI is InChI=1S/C15H16BrFN2/c1-11(6-12-2-4-15(17)5-3-12)19-9-13-7-14(16)10-18-8-13/h2-5,7-8,10-11,19H,6,9H2,1H3. The minimum absolute atomic E-state index is 0.190. The van der Waals surface area contributed by atoms with Crippen molar-refractivity contribution in [2.24, 2.45) is 0 Å². The Balaban J connectivity index is 1.84. The van der Waals surface area contributed by atoms with Crippen molar-refractivity contribution in [3.8, 4) is 0 Å². The molecule has 2 rings (SSSR count). The molecule has 4 heteroatoms. The lowest BCUT2D eigenvalue weighted by molar-refractivity contribution is 0.544. The van der Waals surface area contributed by atoms with Crippen molar-refractivity contribution in [1.29, 1.82) is 0 Å². The first kappa shape index (κ1) is 14.2. The van der Waals surface area contributed by atoms with E-state index in [1.165, 1.54) is 12.1 Å². The summed E-state index contributed by atoms with van der Waals surface area (Å²) in [4.78, 5) is 4.13. The second kappa shape index (κ2) is 6.78. The fourth-order valence-electron chi connectivity index (χ4n) is 1.89. The van der Waals surface area contributed by atoms with Crippen molar-refractivity contribution >= 4 is 15.9 Å². The van der Waals surface area contributed by atoms with Gasteiger partial charge in [0.25, 0.3) is 0 Å². The van der Waals surface area contributed by atoms with E-state index in [0.29, 0.717) is 6.04 Å². The summed E-state index contributed by atoms with van der Waals surface area (Å²) in [6, 6.07) is 9.03. The van der Waals surface area contributed by atoms with Crippen molar-refractivity contribution in [3.05, 3.63) is 64.1 Å². The molecule has 0 aliphatic heterocycles. The number of rotatable bonds is 5. The van der Waals surface area contributed by atoms with Gasteiger partial charge in [-0.25, -0.2) is 4.39 Å². The minimum Gasteiger partial charge on any atom is -0.310 e. The van der Waals surface area contributed by atoms with Gasteiger partial charge in [-0.3, -0.25) is 4.98 Å². The summed E-state index contributed by atoms with van der Waals surface area (Å²) in [6.45, 7) is 2.89. The van der Waals surface area contributed by atoms with E-state index in [2.05, 4.69) is 33.2 Å². The van der Waals surface area contributed by atoms with Gasteiger partial charge < -0.3 is 5.32 Å². The highest BCUT2D eigenvalue weighted by Crippen LogP contribution is 2.10. The Bertz CT molecular complexity index is 528. The van der Waals surface area contributed by atoms with Crippen LogP contribution in [0.2, 0.25) is 0 Å². The molecule has 0 fully saturated rings. The van der Waals surface area contributed by atoms with Crippen LogP contribution in [-0.4, -0.2) is 11.0 Å². The average molecular weight is 323 g/mol. The van der Waals surface area contributed by atoms with Crippen molar-refractivity contribution in [3.63, 3.8) is 0 Å². The van der Waals surface area contributed by atoms with Gasteiger partial charge in [-0.1, -0.05) is 12.1 Å². The van der Waals surface area contributed by atoms with E-state index in [1.807, 2.05) is 24.4 Å². The van der Waals surface area contributed by atoms with Crippen LogP contribution in [0.3, 0.4) is 0 Å². The molecule has 0 aliphatic rings. The van der Waals surface area contributed by atoms with Crippen molar-refractivity contribution < 1.29 is 4.39 Å². The molecule has 100 valence electrons. The SMILES string of the molecule is CC(Cc1ccc(F)cc1)NCc1cncc(Br)c1. The predicted molar refractivity (Wildman–Crippen MR) is 78.3 cm³/mol. The molecule has 1 unspecified atom stereocenters. The van der Waals surface area contributed by atoms with E-state index in [4.69, 9.17) is 0 Å². The van der Waals surface area contributed by atoms with Gasteiger partial charge in [0, 0.05) is 29.5 Å². The Kier molecular flexibility index (Phi) is 5.05. The fraction of sp³-hybridized carbons (Fsp3) is 0.267. The molecule has 1 N–H and O–H groups in total. The predicted octanol–water partition coefficient (Wildman–Crippen LogP) is 3.70. The summed E-state index contributed by atoms with van der Waals surface area (Å²) in [5.74, 6) is -0.190. The van der Waals surface area contributed by atoms with E-state index in [1.54, 1.807) is 6.20 Å². The summed E-state index contributed by atoms with van der Waals surface area (Å²) in [7, 11) is 0. The molecule has 0 aliphatic carbocycles. The normalized spacial score (nSPS) is 12.4. The van der Waals surface area contributed by atoms with Gasteiger partial charge in [0.1, 0.15) is 5.82 Å². The number of nitrogens with one attached hydrogen (secondary N) is 1. The zero-order chi connectivity index (χ0) is 13.7. The zero-order valence-corrected chi connectivity index (χ0v) is 12.3. The molecule has 1 atom stereocenters. The first-order chi connectivity index (χ1) is 9.13. The van der Waals surface area contributed by atoms with Crippen molar-refractivity contribution in [1.82, 2.24) is 10.3 Å². The molecule has 2 aromatic rings. The number of pyridine rings is 1. The van der Waals surface area contributed by atoms with Gasteiger partial charge in [-0.05, 0) is 58.6 Å². The lowest BCUT2D eigenvalue weighted by Crippen LogP contribution is -2.27. The number of benzene rings is 1. The maximum Gasteiger partial charge on any atom is 0.123 e. The molecule has 0 radical (unpaired) electrons. The Labute approximate surface area is 121 Å². The van der Waals surface area contributed by atoms with E-state index < -0.39 is 0 Å². The molecule has 1 heterocycles. The Morgan fingerprint density at radius 1 is 1.21 bits per heavy atom. The minimum atomic E-state index is -0.190. The molecular formula is C15H16BrFN2. The van der Waals surface area contributed by atoms with Gasteiger partial charge in [-0.15, -0.1) is 0 Å². The summed E-state index contributed by atoms with van der Waals surface area (Å²) in [5, 5.41) is 3.43. The maximum absolute atomic E-state index is 12.8. The van der Waals surface area contributed by atoms with E-state index in [0.717, 1.165) is 28.6 Å². The number of hydrogen-bond acceptors (Lipinski definition) is 2. The summed E-state index contributed by atoms with van der Waals surface area (Å²) in [6.07, 6.45) is 4.50. The Morgan fingerprint density at radius 2 is 1.95 bits per heavy atom. The quantitative estimate of drug-likeness (QED) is 0.907. The number of hydrogen-bond donors (Lipinski definition) is 1.